The summed E-state index contributed by atoms with van der Waals surface area (Å²) in [6.07, 6.45) is 1.46. The van der Waals surface area contributed by atoms with E-state index in [9.17, 15) is 9.59 Å². The lowest BCUT2D eigenvalue weighted by atomic mass is 10.2. The van der Waals surface area contributed by atoms with Gasteiger partial charge in [0.15, 0.2) is 18.1 Å². The summed E-state index contributed by atoms with van der Waals surface area (Å²) in [5.74, 6) is 0.998. The number of hydrogen-bond acceptors (Lipinski definition) is 7. The first-order valence-electron chi connectivity index (χ1n) is 12.4. The summed E-state index contributed by atoms with van der Waals surface area (Å²) >= 11 is 0. The molecule has 0 saturated heterocycles. The fourth-order valence-electron chi connectivity index (χ4n) is 3.42. The van der Waals surface area contributed by atoms with Crippen LogP contribution in [0.15, 0.2) is 108 Å². The Morgan fingerprint density at radius 2 is 1.44 bits per heavy atom. The molecule has 0 heterocycles. The second-order valence-electron chi connectivity index (χ2n) is 8.22. The maximum atomic E-state index is 12.4. The van der Waals surface area contributed by atoms with E-state index in [2.05, 4.69) is 10.5 Å². The number of nitrogens with one attached hydrogen (secondary N) is 1. The molecule has 8 heteroatoms. The molecule has 0 radical (unpaired) electrons. The monoisotopic (exact) mass is 524 g/mol. The fourth-order valence-corrected chi connectivity index (χ4v) is 3.42. The topological polar surface area (TPSA) is 95.5 Å². The Labute approximate surface area is 226 Å². The normalized spacial score (nSPS) is 10.6. The van der Waals surface area contributed by atoms with E-state index in [1.165, 1.54) is 6.21 Å². The number of hydrogen-bond donors (Lipinski definition) is 1. The largest absolute Gasteiger partial charge is 0.490 e. The predicted molar refractivity (Wildman–Crippen MR) is 147 cm³/mol. The molecule has 4 aromatic carbocycles. The molecule has 0 spiro atoms. The van der Waals surface area contributed by atoms with Crippen molar-refractivity contribution in [3.63, 3.8) is 0 Å². The first kappa shape index (κ1) is 26.9. The molecular formula is C31H28N2O6. The van der Waals surface area contributed by atoms with Crippen molar-refractivity contribution in [2.75, 3.05) is 13.2 Å². The molecular weight excluding hydrogens is 496 g/mol. The SMILES string of the molecule is CCOc1cc(/C=N/NC(=O)COc2ccc(OCc3ccccc3)cc2)ccc1OC(=O)c1ccccc1. The summed E-state index contributed by atoms with van der Waals surface area (Å²) in [6.45, 7) is 2.47. The van der Waals surface area contributed by atoms with Gasteiger partial charge in [-0.05, 0) is 72.6 Å². The number of esters is 1. The van der Waals surface area contributed by atoms with Crippen LogP contribution in [0.1, 0.15) is 28.4 Å². The minimum atomic E-state index is -0.486. The Kier molecular flexibility index (Phi) is 9.67. The number of rotatable bonds is 12. The molecule has 39 heavy (non-hydrogen) atoms. The summed E-state index contributed by atoms with van der Waals surface area (Å²) < 4.78 is 22.4. The minimum Gasteiger partial charge on any atom is -0.490 e. The zero-order valence-corrected chi connectivity index (χ0v) is 21.4. The average Bonchev–Trinajstić information content (AvgIpc) is 2.98. The fraction of sp³-hybridized carbons (Fsp3) is 0.129. The molecule has 4 rings (SSSR count). The number of hydrazone groups is 1. The van der Waals surface area contributed by atoms with Crippen LogP contribution in [0, 0.1) is 0 Å². The van der Waals surface area contributed by atoms with E-state index < -0.39 is 11.9 Å². The summed E-state index contributed by atoms with van der Waals surface area (Å²) in [5.41, 5.74) is 4.58. The molecule has 0 bridgehead atoms. The Morgan fingerprint density at radius 3 is 2.13 bits per heavy atom. The highest BCUT2D eigenvalue weighted by atomic mass is 16.6. The van der Waals surface area contributed by atoms with E-state index >= 15 is 0 Å². The number of benzene rings is 4. The maximum Gasteiger partial charge on any atom is 0.343 e. The molecule has 198 valence electrons. The number of carbonyl (C=O) groups is 2. The van der Waals surface area contributed by atoms with Crippen molar-refractivity contribution in [1.29, 1.82) is 0 Å². The highest BCUT2D eigenvalue weighted by Crippen LogP contribution is 2.29. The number of ether oxygens (including phenoxy) is 4. The van der Waals surface area contributed by atoms with Crippen molar-refractivity contribution in [1.82, 2.24) is 5.43 Å². The molecule has 0 aliphatic carbocycles. The molecule has 0 saturated carbocycles. The average molecular weight is 525 g/mol. The van der Waals surface area contributed by atoms with Gasteiger partial charge in [-0.2, -0.15) is 5.10 Å². The molecule has 1 N–H and O–H groups in total. The number of amides is 1. The molecule has 0 fully saturated rings. The minimum absolute atomic E-state index is 0.208. The van der Waals surface area contributed by atoms with Crippen LogP contribution in [0.3, 0.4) is 0 Å². The van der Waals surface area contributed by atoms with Crippen LogP contribution in [0.2, 0.25) is 0 Å². The molecule has 0 unspecified atom stereocenters. The highest BCUT2D eigenvalue weighted by Gasteiger charge is 2.13. The standard InChI is InChI=1S/C31H28N2O6/c1-2-36-29-19-24(13-18-28(29)39-31(35)25-11-7-4-8-12-25)20-32-33-30(34)22-38-27-16-14-26(15-17-27)37-21-23-9-5-3-6-10-23/h3-20H,2,21-22H2,1H3,(H,33,34)/b32-20+. The second kappa shape index (κ2) is 14.0. The second-order valence-corrected chi connectivity index (χ2v) is 8.22. The van der Waals surface area contributed by atoms with Crippen molar-refractivity contribution < 1.29 is 28.5 Å². The summed E-state index contributed by atoms with van der Waals surface area (Å²) in [4.78, 5) is 24.6. The zero-order valence-electron chi connectivity index (χ0n) is 21.4. The maximum absolute atomic E-state index is 12.4. The third-order valence-electron chi connectivity index (χ3n) is 5.32. The van der Waals surface area contributed by atoms with Gasteiger partial charge in [-0.3, -0.25) is 4.79 Å². The molecule has 4 aromatic rings. The summed E-state index contributed by atoms with van der Waals surface area (Å²) in [5, 5.41) is 3.97. The highest BCUT2D eigenvalue weighted by molar-refractivity contribution is 5.91. The number of nitrogens with zero attached hydrogens (tertiary/aromatic N) is 1. The van der Waals surface area contributed by atoms with Gasteiger partial charge in [0, 0.05) is 0 Å². The number of carbonyl (C=O) groups excluding carboxylic acids is 2. The summed E-state index contributed by atoms with van der Waals surface area (Å²) in [6, 6.07) is 30.6. The van der Waals surface area contributed by atoms with E-state index in [-0.39, 0.29) is 12.4 Å². The molecule has 0 atom stereocenters. The van der Waals surface area contributed by atoms with E-state index in [0.29, 0.717) is 41.6 Å². The van der Waals surface area contributed by atoms with Gasteiger partial charge >= 0.3 is 5.97 Å². The van der Waals surface area contributed by atoms with Crippen LogP contribution >= 0.6 is 0 Å². The molecule has 0 aliphatic rings. The Bertz CT molecular complexity index is 1390. The van der Waals surface area contributed by atoms with E-state index in [0.717, 1.165) is 5.56 Å². The summed E-state index contributed by atoms with van der Waals surface area (Å²) in [7, 11) is 0. The van der Waals surface area contributed by atoms with Crippen LogP contribution in [-0.4, -0.2) is 31.3 Å². The van der Waals surface area contributed by atoms with Gasteiger partial charge in [-0.15, -0.1) is 0 Å². The predicted octanol–water partition coefficient (Wildman–Crippen LogP) is 5.41. The molecule has 0 aliphatic heterocycles. The first-order chi connectivity index (χ1) is 19.1. The zero-order chi connectivity index (χ0) is 27.3. The van der Waals surface area contributed by atoms with Gasteiger partial charge in [0.25, 0.3) is 5.91 Å². The van der Waals surface area contributed by atoms with Crippen LogP contribution < -0.4 is 24.4 Å². The quantitative estimate of drug-likeness (QED) is 0.115. The molecule has 1 amide bonds. The van der Waals surface area contributed by atoms with Crippen LogP contribution in [0.5, 0.6) is 23.0 Å². The molecule has 8 nitrogen and oxygen atoms in total. The van der Waals surface area contributed by atoms with Crippen LogP contribution in [0.4, 0.5) is 0 Å². The Balaban J connectivity index is 1.25. The third kappa shape index (κ3) is 8.46. The van der Waals surface area contributed by atoms with Crippen molar-refractivity contribution >= 4 is 18.1 Å². The van der Waals surface area contributed by atoms with E-state index in [1.807, 2.05) is 43.3 Å². The van der Waals surface area contributed by atoms with Gasteiger partial charge in [0.2, 0.25) is 0 Å². The molecule has 0 aromatic heterocycles. The van der Waals surface area contributed by atoms with Crippen molar-refractivity contribution in [3.05, 3.63) is 120 Å². The van der Waals surface area contributed by atoms with Gasteiger partial charge < -0.3 is 18.9 Å². The Hall–Kier alpha value is -5.11. The van der Waals surface area contributed by atoms with Gasteiger partial charge in [-0.25, -0.2) is 10.2 Å². The van der Waals surface area contributed by atoms with Gasteiger partial charge in [0.1, 0.15) is 18.1 Å². The van der Waals surface area contributed by atoms with Crippen LogP contribution in [0.25, 0.3) is 0 Å². The van der Waals surface area contributed by atoms with Crippen molar-refractivity contribution in [2.24, 2.45) is 5.10 Å². The van der Waals surface area contributed by atoms with Crippen LogP contribution in [-0.2, 0) is 11.4 Å². The van der Waals surface area contributed by atoms with Crippen molar-refractivity contribution in [2.45, 2.75) is 13.5 Å². The van der Waals surface area contributed by atoms with Gasteiger partial charge in [0.05, 0.1) is 18.4 Å². The lowest BCUT2D eigenvalue weighted by Gasteiger charge is -2.11. The first-order valence-corrected chi connectivity index (χ1v) is 12.4. The lowest BCUT2D eigenvalue weighted by molar-refractivity contribution is -0.123. The third-order valence-corrected chi connectivity index (χ3v) is 5.32. The Morgan fingerprint density at radius 1 is 0.769 bits per heavy atom. The van der Waals surface area contributed by atoms with Gasteiger partial charge in [-0.1, -0.05) is 48.5 Å². The van der Waals surface area contributed by atoms with E-state index in [1.54, 1.807) is 66.7 Å². The van der Waals surface area contributed by atoms with E-state index in [4.69, 9.17) is 18.9 Å². The van der Waals surface area contributed by atoms with Crippen molar-refractivity contribution in [3.8, 4) is 23.0 Å². The smallest absolute Gasteiger partial charge is 0.343 e. The lowest BCUT2D eigenvalue weighted by Crippen LogP contribution is -2.24.